The molecule has 1 saturated carbocycles. The fourth-order valence-corrected chi connectivity index (χ4v) is 5.22. The van der Waals surface area contributed by atoms with Crippen LogP contribution in [-0.4, -0.2) is 60.7 Å². The minimum atomic E-state index is -3.10. The SMILES string of the molecule is O=S(=O)(NCC[C@@H]1CN(C2CCOCC2)Cc2ccnn21)C1CC1. The maximum Gasteiger partial charge on any atom is 0.214 e. The van der Waals surface area contributed by atoms with E-state index in [9.17, 15) is 8.42 Å². The molecule has 7 nitrogen and oxygen atoms in total. The van der Waals surface area contributed by atoms with Gasteiger partial charge in [0.2, 0.25) is 10.0 Å². The molecule has 1 N–H and O–H groups in total. The molecular formula is C16H26N4O3S. The lowest BCUT2D eigenvalue weighted by molar-refractivity contribution is 0.0159. The van der Waals surface area contributed by atoms with Gasteiger partial charge in [0, 0.05) is 45.1 Å². The number of aromatic nitrogens is 2. The van der Waals surface area contributed by atoms with Crippen molar-refractivity contribution in [2.45, 2.75) is 56.0 Å². The predicted molar refractivity (Wildman–Crippen MR) is 90.1 cm³/mol. The normalized spacial score (nSPS) is 26.4. The second-order valence-electron chi connectivity index (χ2n) is 7.12. The van der Waals surface area contributed by atoms with Crippen molar-refractivity contribution < 1.29 is 13.2 Å². The van der Waals surface area contributed by atoms with Crippen LogP contribution >= 0.6 is 0 Å². The van der Waals surface area contributed by atoms with Crippen LogP contribution in [-0.2, 0) is 21.3 Å². The molecule has 0 aromatic carbocycles. The Morgan fingerprint density at radius 2 is 2.04 bits per heavy atom. The number of hydrogen-bond acceptors (Lipinski definition) is 5. The summed E-state index contributed by atoms with van der Waals surface area (Å²) in [6.45, 7) is 4.03. The monoisotopic (exact) mass is 354 g/mol. The summed E-state index contributed by atoms with van der Waals surface area (Å²) >= 11 is 0. The van der Waals surface area contributed by atoms with Crippen molar-refractivity contribution in [1.29, 1.82) is 0 Å². The molecule has 1 atom stereocenters. The molecule has 0 radical (unpaired) electrons. The Hall–Kier alpha value is -0.960. The molecule has 3 heterocycles. The first kappa shape index (κ1) is 16.5. The summed E-state index contributed by atoms with van der Waals surface area (Å²) in [5.41, 5.74) is 1.22. The fraction of sp³-hybridized carbons (Fsp3) is 0.812. The molecule has 1 aromatic heterocycles. The molecule has 2 fully saturated rings. The van der Waals surface area contributed by atoms with Gasteiger partial charge in [0.05, 0.1) is 17.0 Å². The highest BCUT2D eigenvalue weighted by atomic mass is 32.2. The number of hydrogen-bond donors (Lipinski definition) is 1. The minimum Gasteiger partial charge on any atom is -0.381 e. The van der Waals surface area contributed by atoms with Crippen molar-refractivity contribution in [1.82, 2.24) is 19.4 Å². The number of nitrogens with zero attached hydrogens (tertiary/aromatic N) is 3. The van der Waals surface area contributed by atoms with Crippen molar-refractivity contribution >= 4 is 10.0 Å². The van der Waals surface area contributed by atoms with Gasteiger partial charge in [-0.25, -0.2) is 13.1 Å². The molecule has 0 amide bonds. The van der Waals surface area contributed by atoms with Gasteiger partial charge in [0.1, 0.15) is 0 Å². The van der Waals surface area contributed by atoms with E-state index in [4.69, 9.17) is 4.74 Å². The lowest BCUT2D eigenvalue weighted by atomic mass is 10.0. The van der Waals surface area contributed by atoms with Gasteiger partial charge in [-0.2, -0.15) is 5.10 Å². The zero-order chi connectivity index (χ0) is 16.6. The summed E-state index contributed by atoms with van der Waals surface area (Å²) in [7, 11) is -3.10. The molecule has 8 heteroatoms. The number of rotatable bonds is 6. The zero-order valence-corrected chi connectivity index (χ0v) is 14.7. The lowest BCUT2D eigenvalue weighted by Gasteiger charge is -2.40. The van der Waals surface area contributed by atoms with Crippen LogP contribution in [0.3, 0.4) is 0 Å². The Balaban J connectivity index is 1.39. The van der Waals surface area contributed by atoms with Gasteiger partial charge < -0.3 is 4.74 Å². The van der Waals surface area contributed by atoms with E-state index in [2.05, 4.69) is 25.5 Å². The third-order valence-corrected chi connectivity index (χ3v) is 7.32. The van der Waals surface area contributed by atoms with E-state index in [1.165, 1.54) is 5.69 Å². The van der Waals surface area contributed by atoms with E-state index in [1.807, 2.05) is 6.20 Å². The third-order valence-electron chi connectivity index (χ3n) is 5.36. The molecule has 4 rings (SSSR count). The predicted octanol–water partition coefficient (Wildman–Crippen LogP) is 0.891. The van der Waals surface area contributed by atoms with Crippen LogP contribution in [0.5, 0.6) is 0 Å². The highest BCUT2D eigenvalue weighted by Crippen LogP contribution is 2.29. The van der Waals surface area contributed by atoms with Gasteiger partial charge in [-0.3, -0.25) is 9.58 Å². The average Bonchev–Trinajstić information content (AvgIpc) is 3.35. The Morgan fingerprint density at radius 3 is 2.79 bits per heavy atom. The molecule has 24 heavy (non-hydrogen) atoms. The van der Waals surface area contributed by atoms with Gasteiger partial charge in [0.25, 0.3) is 0 Å². The molecule has 1 aromatic rings. The molecule has 1 saturated heterocycles. The van der Waals surface area contributed by atoms with Crippen molar-refractivity contribution in [3.8, 4) is 0 Å². The van der Waals surface area contributed by atoms with E-state index in [0.29, 0.717) is 12.6 Å². The first-order valence-corrected chi connectivity index (χ1v) is 10.5. The number of sulfonamides is 1. The summed E-state index contributed by atoms with van der Waals surface area (Å²) in [6, 6.07) is 2.87. The van der Waals surface area contributed by atoms with Crippen molar-refractivity contribution in [3.63, 3.8) is 0 Å². The van der Waals surface area contributed by atoms with Crippen LogP contribution in [0.2, 0.25) is 0 Å². The molecule has 134 valence electrons. The van der Waals surface area contributed by atoms with Crippen LogP contribution in [0.4, 0.5) is 0 Å². The van der Waals surface area contributed by atoms with Crippen LogP contribution in [0.15, 0.2) is 12.3 Å². The number of fused-ring (bicyclic) bond motifs is 1. The summed E-state index contributed by atoms with van der Waals surface area (Å²) in [5.74, 6) is 0. The zero-order valence-electron chi connectivity index (χ0n) is 13.9. The van der Waals surface area contributed by atoms with E-state index >= 15 is 0 Å². The van der Waals surface area contributed by atoms with Crippen LogP contribution in [0.25, 0.3) is 0 Å². The minimum absolute atomic E-state index is 0.150. The highest BCUT2D eigenvalue weighted by Gasteiger charge is 2.36. The van der Waals surface area contributed by atoms with E-state index in [0.717, 1.165) is 58.4 Å². The fourth-order valence-electron chi connectivity index (χ4n) is 3.82. The quantitative estimate of drug-likeness (QED) is 0.821. The van der Waals surface area contributed by atoms with Gasteiger partial charge in [-0.1, -0.05) is 0 Å². The summed E-state index contributed by atoms with van der Waals surface area (Å²) in [5, 5.41) is 4.32. The first-order valence-electron chi connectivity index (χ1n) is 8.96. The Morgan fingerprint density at radius 1 is 1.25 bits per heavy atom. The van der Waals surface area contributed by atoms with Gasteiger partial charge in [0.15, 0.2) is 0 Å². The largest absolute Gasteiger partial charge is 0.381 e. The summed E-state index contributed by atoms with van der Waals surface area (Å²) in [4.78, 5) is 2.53. The van der Waals surface area contributed by atoms with E-state index in [1.54, 1.807) is 0 Å². The summed E-state index contributed by atoms with van der Waals surface area (Å²) < 4.78 is 34.3. The summed E-state index contributed by atoms with van der Waals surface area (Å²) in [6.07, 6.45) is 6.40. The van der Waals surface area contributed by atoms with Crippen LogP contribution in [0.1, 0.15) is 43.8 Å². The van der Waals surface area contributed by atoms with E-state index < -0.39 is 10.0 Å². The standard InChI is InChI=1S/C16H26N4O3S/c21-24(22,16-1-2-16)18-8-4-15-12-19(13-5-9-23-10-6-13)11-14-3-7-17-20(14)15/h3,7,13,15-16,18H,1-2,4-6,8-12H2/t15-/m1/s1. The molecule has 0 spiro atoms. The van der Waals surface area contributed by atoms with Crippen molar-refractivity contribution in [2.75, 3.05) is 26.3 Å². The Bertz CT molecular complexity index is 665. The maximum absolute atomic E-state index is 12.0. The van der Waals surface area contributed by atoms with E-state index in [-0.39, 0.29) is 11.3 Å². The molecule has 3 aliphatic rings. The van der Waals surface area contributed by atoms with Crippen LogP contribution < -0.4 is 4.72 Å². The Labute approximate surface area is 143 Å². The second kappa shape index (κ2) is 6.74. The molecular weight excluding hydrogens is 328 g/mol. The lowest BCUT2D eigenvalue weighted by Crippen LogP contribution is -2.46. The second-order valence-corrected chi connectivity index (χ2v) is 9.17. The maximum atomic E-state index is 12.0. The molecule has 0 unspecified atom stereocenters. The molecule has 2 aliphatic heterocycles. The number of nitrogens with one attached hydrogen (secondary N) is 1. The smallest absolute Gasteiger partial charge is 0.214 e. The van der Waals surface area contributed by atoms with Crippen molar-refractivity contribution in [3.05, 3.63) is 18.0 Å². The Kier molecular flexibility index (Phi) is 4.64. The topological polar surface area (TPSA) is 76.5 Å². The highest BCUT2D eigenvalue weighted by molar-refractivity contribution is 7.90. The average molecular weight is 354 g/mol. The molecule has 1 aliphatic carbocycles. The molecule has 0 bridgehead atoms. The third kappa shape index (κ3) is 3.51. The van der Waals surface area contributed by atoms with Crippen LogP contribution in [0, 0.1) is 0 Å². The first-order chi connectivity index (χ1) is 11.6. The van der Waals surface area contributed by atoms with Crippen molar-refractivity contribution in [2.24, 2.45) is 0 Å². The number of ether oxygens (including phenoxy) is 1. The van der Waals surface area contributed by atoms with Gasteiger partial charge in [-0.05, 0) is 38.2 Å². The van der Waals surface area contributed by atoms with Gasteiger partial charge >= 0.3 is 0 Å². The van der Waals surface area contributed by atoms with Gasteiger partial charge in [-0.15, -0.1) is 0 Å².